The van der Waals surface area contributed by atoms with Gasteiger partial charge in [-0.05, 0) is 85.4 Å². The van der Waals surface area contributed by atoms with Crippen molar-refractivity contribution in [3.05, 3.63) is 95.7 Å². The minimum absolute atomic E-state index is 0.0321. The van der Waals surface area contributed by atoms with Gasteiger partial charge in [-0.2, -0.15) is 0 Å². The van der Waals surface area contributed by atoms with Crippen LogP contribution in [0.15, 0.2) is 79.0 Å². The SMILES string of the molecule is COC(=O)c1ccccc1-n1ccc2cc(CN3CCC(c4cccc(NC(=O)C(C)C)c4)CC3)ccc21. The number of nitrogens with one attached hydrogen (secondary N) is 1. The molecule has 0 bridgehead atoms. The van der Waals surface area contributed by atoms with Crippen LogP contribution >= 0.6 is 0 Å². The Balaban J connectivity index is 1.24. The fourth-order valence-electron chi connectivity index (χ4n) is 5.31. The highest BCUT2D eigenvalue weighted by Gasteiger charge is 2.22. The first-order chi connectivity index (χ1) is 18.4. The highest BCUT2D eigenvalue weighted by molar-refractivity contribution is 5.95. The van der Waals surface area contributed by atoms with Crippen LogP contribution < -0.4 is 5.32 Å². The van der Waals surface area contributed by atoms with E-state index in [0.717, 1.165) is 54.8 Å². The van der Waals surface area contributed by atoms with Gasteiger partial charge < -0.3 is 14.6 Å². The van der Waals surface area contributed by atoms with E-state index in [2.05, 4.69) is 51.2 Å². The Morgan fingerprint density at radius 1 is 0.974 bits per heavy atom. The molecule has 196 valence electrons. The molecular formula is C32H35N3O3. The van der Waals surface area contributed by atoms with Crippen molar-refractivity contribution in [3.63, 3.8) is 0 Å². The molecule has 5 rings (SSSR count). The lowest BCUT2D eigenvalue weighted by atomic mass is 9.89. The maximum atomic E-state index is 12.3. The number of methoxy groups -OCH3 is 1. The molecule has 1 saturated heterocycles. The number of anilines is 1. The molecule has 1 N–H and O–H groups in total. The van der Waals surface area contributed by atoms with Gasteiger partial charge in [-0.15, -0.1) is 0 Å². The molecule has 4 aromatic rings. The number of para-hydroxylation sites is 1. The Hall–Kier alpha value is -3.90. The topological polar surface area (TPSA) is 63.6 Å². The van der Waals surface area contributed by atoms with Gasteiger partial charge in [0.1, 0.15) is 0 Å². The zero-order valence-electron chi connectivity index (χ0n) is 22.3. The summed E-state index contributed by atoms with van der Waals surface area (Å²) in [5, 5.41) is 4.18. The number of piperidine rings is 1. The van der Waals surface area contributed by atoms with E-state index in [1.807, 2.05) is 50.4 Å². The van der Waals surface area contributed by atoms with E-state index in [-0.39, 0.29) is 17.8 Å². The fourth-order valence-corrected chi connectivity index (χ4v) is 5.31. The van der Waals surface area contributed by atoms with Crippen LogP contribution in [-0.2, 0) is 16.1 Å². The van der Waals surface area contributed by atoms with E-state index in [4.69, 9.17) is 4.74 Å². The van der Waals surface area contributed by atoms with E-state index >= 15 is 0 Å². The molecule has 2 heterocycles. The van der Waals surface area contributed by atoms with E-state index < -0.39 is 0 Å². The number of fused-ring (bicyclic) bond motifs is 1. The number of carbonyl (C=O) groups excluding carboxylic acids is 2. The number of nitrogens with zero attached hydrogens (tertiary/aromatic N) is 2. The van der Waals surface area contributed by atoms with Gasteiger partial charge in [0.05, 0.1) is 23.9 Å². The van der Waals surface area contributed by atoms with Crippen LogP contribution in [0.1, 0.15) is 54.1 Å². The number of carbonyl (C=O) groups is 2. The summed E-state index contributed by atoms with van der Waals surface area (Å²) in [7, 11) is 1.41. The zero-order chi connectivity index (χ0) is 26.6. The molecule has 0 radical (unpaired) electrons. The summed E-state index contributed by atoms with van der Waals surface area (Å²) in [5.74, 6) is 0.190. The molecule has 0 unspecified atom stereocenters. The van der Waals surface area contributed by atoms with Gasteiger partial charge in [0, 0.05) is 29.7 Å². The smallest absolute Gasteiger partial charge is 0.339 e. The second-order valence-corrected chi connectivity index (χ2v) is 10.4. The maximum absolute atomic E-state index is 12.3. The Morgan fingerprint density at radius 3 is 2.53 bits per heavy atom. The van der Waals surface area contributed by atoms with E-state index in [9.17, 15) is 9.59 Å². The number of benzene rings is 3. The summed E-state index contributed by atoms with van der Waals surface area (Å²) in [6.07, 6.45) is 4.22. The molecule has 1 amide bonds. The van der Waals surface area contributed by atoms with Crippen molar-refractivity contribution in [3.8, 4) is 5.69 Å². The molecule has 1 aliphatic rings. The third kappa shape index (κ3) is 5.50. The molecule has 6 heteroatoms. The quantitative estimate of drug-likeness (QED) is 0.293. The maximum Gasteiger partial charge on any atom is 0.339 e. The van der Waals surface area contributed by atoms with Crippen molar-refractivity contribution in [2.24, 2.45) is 5.92 Å². The number of ether oxygens (including phenoxy) is 1. The van der Waals surface area contributed by atoms with Gasteiger partial charge in [0.2, 0.25) is 5.91 Å². The van der Waals surface area contributed by atoms with Gasteiger partial charge in [0.25, 0.3) is 0 Å². The molecule has 3 aromatic carbocycles. The molecule has 0 aliphatic carbocycles. The van der Waals surface area contributed by atoms with Crippen LogP contribution in [0.2, 0.25) is 0 Å². The van der Waals surface area contributed by atoms with E-state index in [0.29, 0.717) is 11.5 Å². The third-order valence-corrected chi connectivity index (χ3v) is 7.47. The van der Waals surface area contributed by atoms with Crippen LogP contribution in [-0.4, -0.2) is 41.5 Å². The highest BCUT2D eigenvalue weighted by Crippen LogP contribution is 2.31. The number of aromatic nitrogens is 1. The number of esters is 1. The largest absolute Gasteiger partial charge is 0.465 e. The molecule has 38 heavy (non-hydrogen) atoms. The van der Waals surface area contributed by atoms with Gasteiger partial charge in [-0.1, -0.05) is 44.2 Å². The molecule has 0 saturated carbocycles. The normalized spacial score (nSPS) is 14.6. The van der Waals surface area contributed by atoms with Crippen LogP contribution in [0, 0.1) is 5.92 Å². The second-order valence-electron chi connectivity index (χ2n) is 10.4. The lowest BCUT2D eigenvalue weighted by Gasteiger charge is -2.32. The number of amides is 1. The Morgan fingerprint density at radius 2 is 1.76 bits per heavy atom. The van der Waals surface area contributed by atoms with Crippen LogP contribution in [0.3, 0.4) is 0 Å². The lowest BCUT2D eigenvalue weighted by molar-refractivity contribution is -0.118. The summed E-state index contributed by atoms with van der Waals surface area (Å²) < 4.78 is 7.03. The number of likely N-dealkylation sites (tertiary alicyclic amines) is 1. The Bertz CT molecular complexity index is 1450. The third-order valence-electron chi connectivity index (χ3n) is 7.47. The van der Waals surface area contributed by atoms with Gasteiger partial charge in [0.15, 0.2) is 0 Å². The fraction of sp³-hybridized carbons (Fsp3) is 0.312. The molecule has 1 aromatic heterocycles. The molecule has 0 spiro atoms. The van der Waals surface area contributed by atoms with Crippen LogP contribution in [0.25, 0.3) is 16.6 Å². The zero-order valence-corrected chi connectivity index (χ0v) is 22.3. The first kappa shape index (κ1) is 25.7. The van der Waals surface area contributed by atoms with E-state index in [1.54, 1.807) is 6.07 Å². The van der Waals surface area contributed by atoms with Crippen LogP contribution in [0.4, 0.5) is 5.69 Å². The lowest BCUT2D eigenvalue weighted by Crippen LogP contribution is -2.32. The van der Waals surface area contributed by atoms with Crippen molar-refractivity contribution in [1.82, 2.24) is 9.47 Å². The van der Waals surface area contributed by atoms with Gasteiger partial charge >= 0.3 is 5.97 Å². The van der Waals surface area contributed by atoms with Crippen molar-refractivity contribution >= 4 is 28.5 Å². The molecule has 1 fully saturated rings. The minimum Gasteiger partial charge on any atom is -0.465 e. The number of rotatable bonds is 7. The Labute approximate surface area is 224 Å². The van der Waals surface area contributed by atoms with Crippen LogP contribution in [0.5, 0.6) is 0 Å². The van der Waals surface area contributed by atoms with Crippen molar-refractivity contribution in [2.75, 3.05) is 25.5 Å². The predicted octanol–water partition coefficient (Wildman–Crippen LogP) is 6.39. The summed E-state index contributed by atoms with van der Waals surface area (Å²) in [5.41, 5.74) is 5.91. The monoisotopic (exact) mass is 509 g/mol. The number of hydrogen-bond acceptors (Lipinski definition) is 4. The van der Waals surface area contributed by atoms with Crippen molar-refractivity contribution in [2.45, 2.75) is 39.2 Å². The average molecular weight is 510 g/mol. The van der Waals surface area contributed by atoms with Crippen molar-refractivity contribution in [1.29, 1.82) is 0 Å². The predicted molar refractivity (Wildman–Crippen MR) is 152 cm³/mol. The first-order valence-corrected chi connectivity index (χ1v) is 13.3. The molecule has 6 nitrogen and oxygen atoms in total. The summed E-state index contributed by atoms with van der Waals surface area (Å²) >= 11 is 0. The second kappa shape index (κ2) is 11.2. The summed E-state index contributed by atoms with van der Waals surface area (Å²) in [4.78, 5) is 26.9. The van der Waals surface area contributed by atoms with Gasteiger partial charge in [-0.3, -0.25) is 9.69 Å². The molecule has 1 aliphatic heterocycles. The first-order valence-electron chi connectivity index (χ1n) is 13.3. The van der Waals surface area contributed by atoms with Crippen molar-refractivity contribution < 1.29 is 14.3 Å². The molecule has 0 atom stereocenters. The minimum atomic E-state index is -0.338. The number of hydrogen-bond donors (Lipinski definition) is 1. The Kier molecular flexibility index (Phi) is 7.61. The average Bonchev–Trinajstić information content (AvgIpc) is 3.36. The standard InChI is InChI=1S/C32H35N3O3/c1-22(2)31(36)33-27-8-6-7-25(20-27)24-13-16-34(17-14-24)21-23-11-12-29-26(19-23)15-18-35(29)30-10-5-4-9-28(30)32(37)38-3/h4-12,15,18-20,22,24H,13-14,16-17,21H2,1-3H3,(H,33,36). The van der Waals surface area contributed by atoms with Gasteiger partial charge in [-0.25, -0.2) is 4.79 Å². The molecular weight excluding hydrogens is 474 g/mol. The summed E-state index contributed by atoms with van der Waals surface area (Å²) in [6.45, 7) is 6.81. The highest BCUT2D eigenvalue weighted by atomic mass is 16.5. The summed E-state index contributed by atoms with van der Waals surface area (Å²) in [6, 6.07) is 24.5. The van der Waals surface area contributed by atoms with E-state index in [1.165, 1.54) is 18.2 Å².